The lowest BCUT2D eigenvalue weighted by atomic mass is 9.85. The molecular weight excluding hydrogens is 432 g/mol. The molecule has 2 aromatic carbocycles. The highest BCUT2D eigenvalue weighted by atomic mass is 35.5. The van der Waals surface area contributed by atoms with E-state index >= 15 is 0 Å². The maximum atomic E-state index is 14.9. The first-order valence-corrected chi connectivity index (χ1v) is 9.65. The fraction of sp³-hybridized carbons (Fsp3) is 0.130. The zero-order chi connectivity index (χ0) is 22.2. The Kier molecular flexibility index (Phi) is 5.54. The van der Waals surface area contributed by atoms with E-state index in [0.717, 1.165) is 12.1 Å². The van der Waals surface area contributed by atoms with Crippen molar-refractivity contribution in [3.63, 3.8) is 0 Å². The van der Waals surface area contributed by atoms with Gasteiger partial charge in [-0.1, -0.05) is 35.9 Å². The Hall–Kier alpha value is -3.19. The van der Waals surface area contributed by atoms with Gasteiger partial charge in [0.2, 0.25) is 0 Å². The SMILES string of the molecule is Oc1c(C(Cc2cc(Cl)ccn2)c2ccc(C(F)(F)F)cc2F)ccc2cccnc12. The molecule has 158 valence electrons. The highest BCUT2D eigenvalue weighted by Crippen LogP contribution is 2.40. The summed E-state index contributed by atoms with van der Waals surface area (Å²) < 4.78 is 53.9. The number of alkyl halides is 3. The van der Waals surface area contributed by atoms with E-state index in [-0.39, 0.29) is 17.7 Å². The summed E-state index contributed by atoms with van der Waals surface area (Å²) in [4.78, 5) is 8.40. The minimum atomic E-state index is -4.67. The van der Waals surface area contributed by atoms with E-state index in [1.807, 2.05) is 0 Å². The van der Waals surface area contributed by atoms with Crippen molar-refractivity contribution in [1.82, 2.24) is 9.97 Å². The molecule has 31 heavy (non-hydrogen) atoms. The van der Waals surface area contributed by atoms with E-state index in [9.17, 15) is 22.7 Å². The molecule has 2 heterocycles. The Balaban J connectivity index is 1.87. The molecule has 1 unspecified atom stereocenters. The summed E-state index contributed by atoms with van der Waals surface area (Å²) in [6, 6.07) is 12.4. The molecule has 4 aromatic rings. The van der Waals surface area contributed by atoms with E-state index in [1.165, 1.54) is 12.4 Å². The van der Waals surface area contributed by atoms with Gasteiger partial charge in [-0.3, -0.25) is 9.97 Å². The summed E-state index contributed by atoms with van der Waals surface area (Å²) in [5, 5.41) is 12.0. The highest BCUT2D eigenvalue weighted by Gasteiger charge is 2.32. The van der Waals surface area contributed by atoms with Crippen molar-refractivity contribution in [2.75, 3.05) is 0 Å². The van der Waals surface area contributed by atoms with Crippen molar-refractivity contribution in [2.45, 2.75) is 18.5 Å². The number of nitrogens with zero attached hydrogens (tertiary/aromatic N) is 2. The molecule has 0 aliphatic carbocycles. The second-order valence-electron chi connectivity index (χ2n) is 7.03. The minimum Gasteiger partial charge on any atom is -0.505 e. The van der Waals surface area contributed by atoms with Gasteiger partial charge in [0.1, 0.15) is 17.1 Å². The van der Waals surface area contributed by atoms with Gasteiger partial charge in [-0.15, -0.1) is 0 Å². The molecule has 0 amide bonds. The van der Waals surface area contributed by atoms with E-state index in [1.54, 1.807) is 36.4 Å². The molecule has 8 heteroatoms. The minimum absolute atomic E-state index is 0.000330. The molecule has 1 N–H and O–H groups in total. The largest absolute Gasteiger partial charge is 0.505 e. The van der Waals surface area contributed by atoms with Crippen LogP contribution in [0, 0.1) is 5.82 Å². The molecule has 2 aromatic heterocycles. The first-order chi connectivity index (χ1) is 14.7. The van der Waals surface area contributed by atoms with Crippen LogP contribution in [0.25, 0.3) is 10.9 Å². The number of rotatable bonds is 4. The molecule has 0 aliphatic heterocycles. The number of phenols is 1. The summed E-state index contributed by atoms with van der Waals surface area (Å²) >= 11 is 6.03. The molecule has 0 saturated heterocycles. The molecule has 0 bridgehead atoms. The van der Waals surface area contributed by atoms with Crippen LogP contribution in [0.1, 0.15) is 28.3 Å². The van der Waals surface area contributed by atoms with Crippen LogP contribution in [-0.2, 0) is 12.6 Å². The quantitative estimate of drug-likeness (QED) is 0.363. The van der Waals surface area contributed by atoms with Crippen molar-refractivity contribution in [1.29, 1.82) is 0 Å². The van der Waals surface area contributed by atoms with Crippen LogP contribution in [-0.4, -0.2) is 15.1 Å². The van der Waals surface area contributed by atoms with Gasteiger partial charge in [0.25, 0.3) is 0 Å². The molecular formula is C23H15ClF4N2O. The summed E-state index contributed by atoms with van der Waals surface area (Å²) in [6.45, 7) is 0. The fourth-order valence-electron chi connectivity index (χ4n) is 3.57. The van der Waals surface area contributed by atoms with Crippen LogP contribution < -0.4 is 0 Å². The first-order valence-electron chi connectivity index (χ1n) is 9.27. The lowest BCUT2D eigenvalue weighted by Gasteiger charge is -2.21. The number of aromatic nitrogens is 2. The monoisotopic (exact) mass is 446 g/mol. The second kappa shape index (κ2) is 8.15. The number of pyridine rings is 2. The molecule has 3 nitrogen and oxygen atoms in total. The van der Waals surface area contributed by atoms with Gasteiger partial charge in [-0.05, 0) is 35.9 Å². The molecule has 0 fully saturated rings. The van der Waals surface area contributed by atoms with Gasteiger partial charge >= 0.3 is 6.18 Å². The summed E-state index contributed by atoms with van der Waals surface area (Å²) in [5.74, 6) is -2.01. The third kappa shape index (κ3) is 4.32. The van der Waals surface area contributed by atoms with E-state index in [4.69, 9.17) is 11.6 Å². The van der Waals surface area contributed by atoms with Gasteiger partial charge in [-0.25, -0.2) is 4.39 Å². The Morgan fingerprint density at radius 1 is 0.935 bits per heavy atom. The Morgan fingerprint density at radius 2 is 1.71 bits per heavy atom. The standard InChI is InChI=1S/C23H15ClF4N2O/c24-15-7-9-29-16(11-15)12-19(17-6-4-14(10-20(17)25)23(26,27)28)18-5-3-13-2-1-8-30-21(13)22(18)31/h1-11,19,31H,12H2. The topological polar surface area (TPSA) is 46.0 Å². The number of hydrogen-bond donors (Lipinski definition) is 1. The molecule has 0 aliphatic rings. The number of halogens is 5. The van der Waals surface area contributed by atoms with Gasteiger partial charge < -0.3 is 5.11 Å². The van der Waals surface area contributed by atoms with Crippen LogP contribution in [0.4, 0.5) is 17.6 Å². The normalized spacial score (nSPS) is 12.8. The van der Waals surface area contributed by atoms with Gasteiger partial charge in [0.05, 0.1) is 5.56 Å². The smallest absolute Gasteiger partial charge is 0.416 e. The lowest BCUT2D eigenvalue weighted by molar-refractivity contribution is -0.137. The number of benzene rings is 2. The molecule has 0 spiro atoms. The Bertz CT molecular complexity index is 1260. The third-order valence-electron chi connectivity index (χ3n) is 5.05. The van der Waals surface area contributed by atoms with Crippen molar-refractivity contribution >= 4 is 22.5 Å². The molecule has 4 rings (SSSR count). The zero-order valence-corrected chi connectivity index (χ0v) is 16.6. The van der Waals surface area contributed by atoms with E-state index < -0.39 is 23.5 Å². The summed E-state index contributed by atoms with van der Waals surface area (Å²) in [6.07, 6.45) is -1.56. The average Bonchev–Trinajstić information content (AvgIpc) is 2.72. The van der Waals surface area contributed by atoms with E-state index in [0.29, 0.717) is 33.2 Å². The van der Waals surface area contributed by atoms with Crippen LogP contribution in [0.5, 0.6) is 5.75 Å². The van der Waals surface area contributed by atoms with Crippen LogP contribution >= 0.6 is 11.6 Å². The van der Waals surface area contributed by atoms with Crippen LogP contribution in [0.3, 0.4) is 0 Å². The maximum absolute atomic E-state index is 14.9. The predicted molar refractivity (Wildman–Crippen MR) is 110 cm³/mol. The Labute approximate surface area is 180 Å². The predicted octanol–water partition coefficient (Wildman–Crippen LogP) is 6.52. The molecule has 0 saturated carbocycles. The zero-order valence-electron chi connectivity index (χ0n) is 15.9. The number of aromatic hydroxyl groups is 1. The molecule has 1 atom stereocenters. The first kappa shape index (κ1) is 21.1. The number of hydrogen-bond acceptors (Lipinski definition) is 3. The Morgan fingerprint density at radius 3 is 2.42 bits per heavy atom. The summed E-state index contributed by atoms with van der Waals surface area (Å²) in [5.41, 5.74) is 0.0541. The fourth-order valence-corrected chi connectivity index (χ4v) is 3.75. The lowest BCUT2D eigenvalue weighted by Crippen LogP contribution is -2.11. The average molecular weight is 447 g/mol. The third-order valence-corrected chi connectivity index (χ3v) is 5.28. The van der Waals surface area contributed by atoms with Gasteiger partial charge in [0, 0.05) is 46.4 Å². The van der Waals surface area contributed by atoms with Crippen molar-refractivity contribution in [3.8, 4) is 5.75 Å². The van der Waals surface area contributed by atoms with Crippen molar-refractivity contribution in [3.05, 3.63) is 100 Å². The maximum Gasteiger partial charge on any atom is 0.416 e. The second-order valence-corrected chi connectivity index (χ2v) is 7.47. The molecule has 0 radical (unpaired) electrons. The highest BCUT2D eigenvalue weighted by molar-refractivity contribution is 6.30. The van der Waals surface area contributed by atoms with Gasteiger partial charge in [-0.2, -0.15) is 13.2 Å². The number of fused-ring (bicyclic) bond motifs is 1. The number of phenolic OH excluding ortho intramolecular Hbond substituents is 1. The van der Waals surface area contributed by atoms with Gasteiger partial charge in [0.15, 0.2) is 0 Å². The van der Waals surface area contributed by atoms with E-state index in [2.05, 4.69) is 9.97 Å². The van der Waals surface area contributed by atoms with Crippen LogP contribution in [0.2, 0.25) is 5.02 Å². The van der Waals surface area contributed by atoms with Crippen molar-refractivity contribution < 1.29 is 22.7 Å². The van der Waals surface area contributed by atoms with Crippen molar-refractivity contribution in [2.24, 2.45) is 0 Å². The summed E-state index contributed by atoms with van der Waals surface area (Å²) in [7, 11) is 0. The van der Waals surface area contributed by atoms with Crippen LogP contribution in [0.15, 0.2) is 67.0 Å².